The first-order valence-corrected chi connectivity index (χ1v) is 24.1. The van der Waals surface area contributed by atoms with Gasteiger partial charge in [0.1, 0.15) is 0 Å². The van der Waals surface area contributed by atoms with Crippen LogP contribution >= 0.6 is 0 Å². The van der Waals surface area contributed by atoms with Crippen molar-refractivity contribution in [3.63, 3.8) is 0 Å². The van der Waals surface area contributed by atoms with Crippen LogP contribution in [0.1, 0.15) is 0 Å². The van der Waals surface area contributed by atoms with Crippen LogP contribution in [0.4, 0.5) is 0 Å². The summed E-state index contributed by atoms with van der Waals surface area (Å²) in [5, 5.41) is 12.9. The minimum atomic E-state index is -2.78. The fourth-order valence-corrected chi connectivity index (χ4v) is 15.8. The van der Waals surface area contributed by atoms with Crippen LogP contribution in [0.3, 0.4) is 0 Å². The Morgan fingerprint density at radius 3 is 1.19 bits per heavy atom. The highest BCUT2D eigenvalue weighted by molar-refractivity contribution is 7.19. The van der Waals surface area contributed by atoms with Gasteiger partial charge in [-0.05, 0) is 81.4 Å². The van der Waals surface area contributed by atoms with Crippen LogP contribution < -0.4 is 20.7 Å². The molecule has 0 saturated heterocycles. The Morgan fingerprint density at radius 2 is 0.625 bits per heavy atom. The number of hydrogen-bond donors (Lipinski definition) is 0. The van der Waals surface area contributed by atoms with Gasteiger partial charge in [0, 0.05) is 43.7 Å². The number of nitrogens with zero attached hydrogens (tertiary/aromatic N) is 3. The zero-order valence-electron chi connectivity index (χ0n) is 35.0. The van der Waals surface area contributed by atoms with Gasteiger partial charge in [-0.3, -0.25) is 0 Å². The molecule has 13 rings (SSSR count). The lowest BCUT2D eigenvalue weighted by molar-refractivity contribution is 1.16. The summed E-state index contributed by atoms with van der Waals surface area (Å²) in [6.45, 7) is 0. The first-order chi connectivity index (χ1) is 31.8. The number of fused-ring (bicyclic) bond motifs is 9. The molecule has 0 bridgehead atoms. The van der Waals surface area contributed by atoms with Crippen LogP contribution in [0.2, 0.25) is 0 Å². The van der Waals surface area contributed by atoms with Crippen molar-refractivity contribution in [2.75, 3.05) is 0 Å². The highest BCUT2D eigenvalue weighted by Gasteiger charge is 2.41. The molecule has 0 aliphatic heterocycles. The average molecular weight is 832 g/mol. The van der Waals surface area contributed by atoms with E-state index in [-0.39, 0.29) is 0 Å². The lowest BCUT2D eigenvalue weighted by atomic mass is 10.1. The first-order valence-electron chi connectivity index (χ1n) is 22.1. The highest BCUT2D eigenvalue weighted by Crippen LogP contribution is 2.41. The quantitative estimate of drug-likeness (QED) is 0.112. The Balaban J connectivity index is 1.08. The van der Waals surface area contributed by atoms with Gasteiger partial charge in [0.25, 0.3) is 0 Å². The van der Waals surface area contributed by atoms with E-state index in [0.717, 1.165) is 17.1 Å². The molecule has 3 nitrogen and oxygen atoms in total. The summed E-state index contributed by atoms with van der Waals surface area (Å²) in [5.41, 5.74) is 10.6. The van der Waals surface area contributed by atoms with E-state index in [2.05, 4.69) is 262 Å². The molecule has 0 saturated carbocycles. The molecule has 10 aromatic carbocycles. The Morgan fingerprint density at radius 1 is 0.234 bits per heavy atom. The SMILES string of the molecule is c1ccc([Si](c2ccccc2)(c2ccccc2)c2cccc(-n3c4ccccc4c4c(-n5c6ccccc6c6ccc(-n7c8ccccc8c8ccccc87)cc65)cccc43)c2)cc1. The number of benzene rings is 10. The standard InChI is InChI=1S/C60H41N3Si/c1-4-21-44(22-5-1)64(45-23-6-2-7-24-45,46-25-8-3-9-26-46)47-27-18-20-42(40-47)62-56-35-17-13-31-52(56)60-57(62)36-19-37-58(60)63-55-34-16-12-30-50(55)51-39-38-43(41-59(51)63)61-53-32-14-10-28-48(53)49-29-11-15-33-54(49)61/h1-41H. The van der Waals surface area contributed by atoms with Crippen LogP contribution in [0.5, 0.6) is 0 Å². The summed E-state index contributed by atoms with van der Waals surface area (Å²) in [6.07, 6.45) is 0. The molecule has 0 spiro atoms. The van der Waals surface area contributed by atoms with E-state index in [1.165, 1.54) is 86.2 Å². The van der Waals surface area contributed by atoms with Crippen LogP contribution in [0.15, 0.2) is 249 Å². The predicted octanol–water partition coefficient (Wildman–Crippen LogP) is 12.4. The van der Waals surface area contributed by atoms with Gasteiger partial charge in [0.15, 0.2) is 8.07 Å². The van der Waals surface area contributed by atoms with E-state index >= 15 is 0 Å². The van der Waals surface area contributed by atoms with Crippen molar-refractivity contribution in [3.05, 3.63) is 249 Å². The van der Waals surface area contributed by atoms with Crippen LogP contribution in [0.25, 0.3) is 82.5 Å². The summed E-state index contributed by atoms with van der Waals surface area (Å²) < 4.78 is 7.43. The van der Waals surface area contributed by atoms with E-state index in [4.69, 9.17) is 0 Å². The molecule has 300 valence electrons. The lowest BCUT2D eigenvalue weighted by Crippen LogP contribution is -2.74. The number of aromatic nitrogens is 3. The summed E-state index contributed by atoms with van der Waals surface area (Å²) in [6, 6.07) is 92.2. The molecular formula is C60H41N3Si. The Labute approximate surface area is 372 Å². The Bertz CT molecular complexity index is 3750. The molecule has 3 heterocycles. The number of rotatable bonds is 7. The molecule has 0 N–H and O–H groups in total. The molecule has 64 heavy (non-hydrogen) atoms. The van der Waals surface area contributed by atoms with Crippen molar-refractivity contribution >= 4 is 94.2 Å². The first kappa shape index (κ1) is 36.5. The van der Waals surface area contributed by atoms with Gasteiger partial charge in [0.05, 0.1) is 38.8 Å². The second kappa shape index (κ2) is 14.5. The maximum Gasteiger partial charge on any atom is 0.179 e. The molecule has 0 unspecified atom stereocenters. The third-order valence-corrected chi connectivity index (χ3v) is 18.3. The molecular weight excluding hydrogens is 791 g/mol. The van der Waals surface area contributed by atoms with Gasteiger partial charge >= 0.3 is 0 Å². The van der Waals surface area contributed by atoms with Gasteiger partial charge in [-0.1, -0.05) is 188 Å². The van der Waals surface area contributed by atoms with Crippen molar-refractivity contribution in [1.82, 2.24) is 13.7 Å². The Hall–Kier alpha value is -8.18. The van der Waals surface area contributed by atoms with E-state index in [0.29, 0.717) is 0 Å². The minimum Gasteiger partial charge on any atom is -0.309 e. The zero-order chi connectivity index (χ0) is 42.2. The summed E-state index contributed by atoms with van der Waals surface area (Å²) in [5.74, 6) is 0. The lowest BCUT2D eigenvalue weighted by Gasteiger charge is -2.34. The predicted molar refractivity (Wildman–Crippen MR) is 273 cm³/mol. The molecule has 13 aromatic rings. The van der Waals surface area contributed by atoms with E-state index in [9.17, 15) is 0 Å². The molecule has 0 fully saturated rings. The minimum absolute atomic E-state index is 1.14. The maximum absolute atomic E-state index is 2.78. The third-order valence-electron chi connectivity index (χ3n) is 13.6. The molecule has 0 amide bonds. The summed E-state index contributed by atoms with van der Waals surface area (Å²) >= 11 is 0. The molecule has 0 aliphatic carbocycles. The van der Waals surface area contributed by atoms with E-state index < -0.39 is 8.07 Å². The second-order valence-electron chi connectivity index (χ2n) is 16.8. The van der Waals surface area contributed by atoms with Gasteiger partial charge in [-0.15, -0.1) is 0 Å². The molecule has 0 atom stereocenters. The maximum atomic E-state index is 2.51. The molecule has 3 aromatic heterocycles. The van der Waals surface area contributed by atoms with E-state index in [1.807, 2.05) is 0 Å². The number of para-hydroxylation sites is 4. The van der Waals surface area contributed by atoms with Crippen LogP contribution in [0, 0.1) is 0 Å². The topological polar surface area (TPSA) is 14.8 Å². The second-order valence-corrected chi connectivity index (χ2v) is 20.7. The fourth-order valence-electron chi connectivity index (χ4n) is 11.0. The summed E-state index contributed by atoms with van der Waals surface area (Å²) in [7, 11) is -2.78. The van der Waals surface area contributed by atoms with Crippen molar-refractivity contribution in [2.45, 2.75) is 0 Å². The van der Waals surface area contributed by atoms with Gasteiger partial charge in [-0.25, -0.2) is 0 Å². The summed E-state index contributed by atoms with van der Waals surface area (Å²) in [4.78, 5) is 0. The fraction of sp³-hybridized carbons (Fsp3) is 0. The normalized spacial score (nSPS) is 12.1. The monoisotopic (exact) mass is 831 g/mol. The van der Waals surface area contributed by atoms with Crippen molar-refractivity contribution in [2.24, 2.45) is 0 Å². The Kier molecular flexibility index (Phi) is 8.23. The smallest absolute Gasteiger partial charge is 0.179 e. The molecule has 0 aliphatic rings. The zero-order valence-corrected chi connectivity index (χ0v) is 36.0. The average Bonchev–Trinajstić information content (AvgIpc) is 4.01. The van der Waals surface area contributed by atoms with E-state index in [1.54, 1.807) is 0 Å². The third kappa shape index (κ3) is 5.27. The van der Waals surface area contributed by atoms with Crippen LogP contribution in [-0.4, -0.2) is 21.8 Å². The van der Waals surface area contributed by atoms with Crippen molar-refractivity contribution in [1.29, 1.82) is 0 Å². The van der Waals surface area contributed by atoms with Crippen LogP contribution in [-0.2, 0) is 0 Å². The number of hydrogen-bond acceptors (Lipinski definition) is 0. The largest absolute Gasteiger partial charge is 0.309 e. The highest BCUT2D eigenvalue weighted by atomic mass is 28.3. The van der Waals surface area contributed by atoms with Crippen molar-refractivity contribution < 1.29 is 0 Å². The van der Waals surface area contributed by atoms with Gasteiger partial charge in [0.2, 0.25) is 0 Å². The molecule has 0 radical (unpaired) electrons. The molecule has 4 heteroatoms. The van der Waals surface area contributed by atoms with Crippen molar-refractivity contribution in [3.8, 4) is 17.1 Å². The van der Waals surface area contributed by atoms with Gasteiger partial charge < -0.3 is 13.7 Å². The van der Waals surface area contributed by atoms with Gasteiger partial charge in [-0.2, -0.15) is 0 Å².